The Kier molecular flexibility index (Phi) is 19.4. The van der Waals surface area contributed by atoms with Gasteiger partial charge >= 0.3 is 36.0 Å². The van der Waals surface area contributed by atoms with Crippen LogP contribution in [-0.2, 0) is 6.18 Å². The lowest BCUT2D eigenvalue weighted by Crippen LogP contribution is -2.05. The number of rotatable bonds is 11. The Hall–Kier alpha value is -13.7. The molecule has 8 aromatic carbocycles. The number of carbonyl (C=O) groups is 5. The Balaban J connectivity index is 0.000000126. The van der Waals surface area contributed by atoms with E-state index in [1.54, 1.807) is 97.1 Å². The van der Waals surface area contributed by atoms with Crippen LogP contribution in [0.3, 0.4) is 0 Å². The third-order valence-corrected chi connectivity index (χ3v) is 15.3. The highest BCUT2D eigenvalue weighted by Gasteiger charge is 2.30. The van der Waals surface area contributed by atoms with Gasteiger partial charge in [0.2, 0.25) is 5.88 Å². The van der Waals surface area contributed by atoms with Crippen LogP contribution in [0.15, 0.2) is 238 Å². The van der Waals surface area contributed by atoms with E-state index in [-0.39, 0.29) is 28.1 Å². The quantitative estimate of drug-likeness (QED) is 0.0752. The number of aromatic nitrogens is 10. The molecule has 15 rings (SSSR count). The number of carboxylic acids is 5. The van der Waals surface area contributed by atoms with Crippen LogP contribution in [0.1, 0.15) is 63.0 Å². The minimum absolute atomic E-state index is 0.125. The van der Waals surface area contributed by atoms with Crippen LogP contribution >= 0.6 is 0 Å². The summed E-state index contributed by atoms with van der Waals surface area (Å²) in [5.41, 5.74) is 8.43. The number of benzene rings is 8. The van der Waals surface area contributed by atoms with E-state index in [1.165, 1.54) is 82.4 Å². The largest absolute Gasteiger partial charge is 0.481 e. The van der Waals surface area contributed by atoms with Crippen molar-refractivity contribution in [2.24, 2.45) is 0 Å². The normalized spacial score (nSPS) is 11.0. The molecule has 0 bridgehead atoms. The van der Waals surface area contributed by atoms with Crippen LogP contribution in [0, 0.1) is 24.4 Å². The van der Waals surface area contributed by atoms with Crippen molar-refractivity contribution in [2.45, 2.75) is 13.1 Å². The van der Waals surface area contributed by atoms with Crippen molar-refractivity contribution in [3.63, 3.8) is 0 Å². The number of ether oxygens (including phenoxy) is 1. The molecule has 21 nitrogen and oxygen atoms in total. The SMILES string of the molecule is COc1cc(-n2ccc3cc(C(=O)O)ccc32)ccn1.Cc1ccc(-n2ccc3cc(C(=O)O)ccc32)cn1.O=C(O)c1ccc2c(cnn2-c2ccc(C(F)(F)F)cc2)c1.O=C(O)c1ccc2c(cnn2-c2ccc(F)c(F)c2)c1.O=C(O)c1ccc2c(cnn2-c2cccc(F)c2)c1. The first-order valence-electron chi connectivity index (χ1n) is 29.6. The monoisotopic (exact) mass is 1360 g/mol. The molecule has 0 spiro atoms. The van der Waals surface area contributed by atoms with E-state index in [0.717, 1.165) is 68.7 Å². The molecule has 27 heteroatoms. The first-order chi connectivity index (χ1) is 47.9. The molecule has 0 aliphatic rings. The number of methoxy groups -OCH3 is 1. The molecule has 0 saturated heterocycles. The highest BCUT2D eigenvalue weighted by molar-refractivity contribution is 5.97. The molecule has 0 saturated carbocycles. The zero-order valence-electron chi connectivity index (χ0n) is 51.9. The van der Waals surface area contributed by atoms with Crippen LogP contribution in [0.2, 0.25) is 0 Å². The molecular formula is C73H50F6N10O11. The van der Waals surface area contributed by atoms with Crippen molar-refractivity contribution in [2.75, 3.05) is 7.11 Å². The minimum Gasteiger partial charge on any atom is -0.481 e. The molecule has 5 N–H and O–H groups in total. The van der Waals surface area contributed by atoms with Crippen molar-refractivity contribution < 1.29 is 80.6 Å². The lowest BCUT2D eigenvalue weighted by molar-refractivity contribution is -0.137. The molecule has 0 amide bonds. The van der Waals surface area contributed by atoms with Gasteiger partial charge in [-0.05, 0) is 183 Å². The van der Waals surface area contributed by atoms with Crippen LogP contribution in [0.5, 0.6) is 5.88 Å². The summed E-state index contributed by atoms with van der Waals surface area (Å²) >= 11 is 0. The van der Waals surface area contributed by atoms with Crippen molar-refractivity contribution in [1.82, 2.24) is 48.4 Å². The second-order valence-corrected chi connectivity index (χ2v) is 21.8. The second kappa shape index (κ2) is 28.7. The smallest absolute Gasteiger partial charge is 0.416 e. The van der Waals surface area contributed by atoms with Gasteiger partial charge in [0.25, 0.3) is 0 Å². The fraction of sp³-hybridized carbons (Fsp3) is 0.0411. The summed E-state index contributed by atoms with van der Waals surface area (Å²) < 4.78 is 90.6. The van der Waals surface area contributed by atoms with E-state index < -0.39 is 53.2 Å². The Morgan fingerprint density at radius 1 is 0.390 bits per heavy atom. The number of alkyl halides is 3. The van der Waals surface area contributed by atoms with Crippen LogP contribution in [-0.4, -0.2) is 111 Å². The maximum atomic E-state index is 13.2. The number of hydrogen-bond donors (Lipinski definition) is 5. The molecule has 15 aromatic rings. The van der Waals surface area contributed by atoms with Gasteiger partial charge < -0.3 is 39.4 Å². The van der Waals surface area contributed by atoms with E-state index in [1.807, 2.05) is 70.9 Å². The first kappa shape index (κ1) is 67.7. The number of nitrogens with zero attached hydrogens (tertiary/aromatic N) is 10. The zero-order chi connectivity index (χ0) is 71.1. The number of aromatic carboxylic acids is 5. The number of aryl methyl sites for hydroxylation is 1. The summed E-state index contributed by atoms with van der Waals surface area (Å²) in [6.07, 6.45) is 7.41. The first-order valence-corrected chi connectivity index (χ1v) is 29.6. The van der Waals surface area contributed by atoms with E-state index in [4.69, 9.17) is 30.3 Å². The molecule has 7 heterocycles. The Morgan fingerprint density at radius 2 is 0.810 bits per heavy atom. The van der Waals surface area contributed by atoms with Crippen molar-refractivity contribution in [3.05, 3.63) is 294 Å². The van der Waals surface area contributed by atoms with Gasteiger partial charge in [-0.25, -0.2) is 56.2 Å². The maximum absolute atomic E-state index is 13.2. The van der Waals surface area contributed by atoms with Gasteiger partial charge in [-0.3, -0.25) is 4.98 Å². The summed E-state index contributed by atoms with van der Waals surface area (Å²) in [6, 6.07) is 49.4. The molecule has 0 atom stereocenters. The average Bonchev–Trinajstić information content (AvgIpc) is 1.66. The predicted octanol–water partition coefficient (Wildman–Crippen LogP) is 15.4. The van der Waals surface area contributed by atoms with Gasteiger partial charge in [0.05, 0.1) is 121 Å². The molecule has 100 heavy (non-hydrogen) atoms. The zero-order valence-corrected chi connectivity index (χ0v) is 51.9. The Bertz CT molecular complexity index is 5610. The number of carboxylic acid groups (broad SMARTS) is 5. The molecule has 500 valence electrons. The van der Waals surface area contributed by atoms with Gasteiger partial charge in [0, 0.05) is 63.3 Å². The lowest BCUT2D eigenvalue weighted by Gasteiger charge is -2.08. The number of halogens is 6. The molecule has 7 aromatic heterocycles. The van der Waals surface area contributed by atoms with E-state index in [9.17, 15) is 50.3 Å². The molecule has 0 aliphatic heterocycles. The summed E-state index contributed by atoms with van der Waals surface area (Å²) in [7, 11) is 1.57. The molecular weight excluding hydrogens is 1310 g/mol. The third kappa shape index (κ3) is 15.0. The summed E-state index contributed by atoms with van der Waals surface area (Å²) in [5.74, 6) is -6.62. The predicted molar refractivity (Wildman–Crippen MR) is 356 cm³/mol. The maximum Gasteiger partial charge on any atom is 0.416 e. The standard InChI is InChI=1S/C15H9F3N2O2.C15H12N2O3.C15H12N2O2.C14H8F2N2O2.C14H9FN2O2/c16-15(17,18)11-2-4-12(5-3-11)20-13-6-1-9(14(21)22)7-10(13)8-19-20;1-20-14-9-12(4-6-16-14)17-7-5-10-8-11(15(18)19)2-3-13(10)17;1-10-2-4-13(9-16-10)17-7-6-11-8-12(15(18)19)3-5-14(11)17;15-11-3-2-10(6-12(11)16)18-13-4-1-8(14(19)20)5-9(13)7-17-18;15-11-2-1-3-12(7-11)17-13-5-4-9(14(18)19)6-10(13)8-16-17/h1-8H,(H,21,22);2-9H,1H3,(H,18,19);2-9H,1H3,(H,18,19);1-7H,(H,19,20);1-8H,(H,18,19). The van der Waals surface area contributed by atoms with Crippen molar-refractivity contribution >= 4 is 84.4 Å². The molecule has 0 unspecified atom stereocenters. The van der Waals surface area contributed by atoms with Gasteiger partial charge in [-0.15, -0.1) is 0 Å². The fourth-order valence-electron chi connectivity index (χ4n) is 10.4. The number of fused-ring (bicyclic) bond motifs is 5. The number of hydrogen-bond acceptors (Lipinski definition) is 11. The van der Waals surface area contributed by atoms with Crippen LogP contribution < -0.4 is 4.74 Å². The van der Waals surface area contributed by atoms with E-state index >= 15 is 0 Å². The fourth-order valence-corrected chi connectivity index (χ4v) is 10.4. The highest BCUT2D eigenvalue weighted by Crippen LogP contribution is 2.31. The van der Waals surface area contributed by atoms with E-state index in [0.29, 0.717) is 55.7 Å². The van der Waals surface area contributed by atoms with Gasteiger partial charge in [0.15, 0.2) is 11.6 Å². The molecule has 0 radical (unpaired) electrons. The van der Waals surface area contributed by atoms with Crippen molar-refractivity contribution in [1.29, 1.82) is 0 Å². The van der Waals surface area contributed by atoms with E-state index in [2.05, 4.69) is 25.3 Å². The third-order valence-electron chi connectivity index (χ3n) is 15.3. The summed E-state index contributed by atoms with van der Waals surface area (Å²) in [6.45, 7) is 1.94. The highest BCUT2D eigenvalue weighted by atomic mass is 19.4. The molecule has 0 fully saturated rings. The Labute approximate surface area is 559 Å². The van der Waals surface area contributed by atoms with Crippen LogP contribution in [0.4, 0.5) is 26.3 Å². The average molecular weight is 1360 g/mol. The minimum atomic E-state index is -4.39. The Morgan fingerprint density at radius 3 is 1.23 bits per heavy atom. The topological polar surface area (TPSA) is 285 Å². The van der Waals surface area contributed by atoms with Crippen molar-refractivity contribution in [3.8, 4) is 34.3 Å². The van der Waals surface area contributed by atoms with Gasteiger partial charge in [0.1, 0.15) is 5.82 Å². The summed E-state index contributed by atoms with van der Waals surface area (Å²) in [4.78, 5) is 63.0. The second-order valence-electron chi connectivity index (χ2n) is 21.8. The molecule has 0 aliphatic carbocycles. The number of pyridine rings is 2. The van der Waals surface area contributed by atoms with Gasteiger partial charge in [-0.2, -0.15) is 28.5 Å². The van der Waals surface area contributed by atoms with Gasteiger partial charge in [-0.1, -0.05) is 6.07 Å². The summed E-state index contributed by atoms with van der Waals surface area (Å²) in [5, 5.41) is 60.8. The lowest BCUT2D eigenvalue weighted by atomic mass is 10.1. The van der Waals surface area contributed by atoms with Crippen LogP contribution in [0.25, 0.3) is 83.0 Å².